The molecular weight excluding hydrogens is 472 g/mol. The molecule has 0 saturated heterocycles. The molecule has 1 aromatic heterocycles. The number of nitrogens with zero attached hydrogens (tertiary/aromatic N) is 5. The quantitative estimate of drug-likeness (QED) is 0.447. The van der Waals surface area contributed by atoms with Crippen LogP contribution in [-0.4, -0.2) is 58.8 Å². The summed E-state index contributed by atoms with van der Waals surface area (Å²) < 4.78 is 10.6. The third kappa shape index (κ3) is 6.44. The molecule has 0 bridgehead atoms. The first-order chi connectivity index (χ1) is 17.9. The second-order valence-electron chi connectivity index (χ2n) is 9.49. The number of ether oxygens (including phenoxy) is 2. The average Bonchev–Trinajstić information content (AvgIpc) is 3.59. The fourth-order valence-corrected chi connectivity index (χ4v) is 4.46. The van der Waals surface area contributed by atoms with Crippen molar-refractivity contribution in [1.82, 2.24) is 25.5 Å². The maximum absolute atomic E-state index is 13.4. The van der Waals surface area contributed by atoms with Crippen molar-refractivity contribution in [3.05, 3.63) is 48.0 Å². The summed E-state index contributed by atoms with van der Waals surface area (Å²) in [6, 6.07) is 13.2. The summed E-state index contributed by atoms with van der Waals surface area (Å²) >= 11 is 0. The number of tetrazole rings is 1. The van der Waals surface area contributed by atoms with E-state index in [1.54, 1.807) is 32.4 Å². The van der Waals surface area contributed by atoms with Gasteiger partial charge in [-0.15, -0.1) is 10.2 Å². The van der Waals surface area contributed by atoms with Crippen LogP contribution in [0.5, 0.6) is 11.5 Å². The van der Waals surface area contributed by atoms with Crippen molar-refractivity contribution in [3.63, 3.8) is 0 Å². The molecule has 0 radical (unpaired) electrons. The molecule has 196 valence electrons. The van der Waals surface area contributed by atoms with Gasteiger partial charge >= 0.3 is 0 Å². The van der Waals surface area contributed by atoms with Gasteiger partial charge in [-0.2, -0.15) is 4.80 Å². The van der Waals surface area contributed by atoms with Crippen LogP contribution in [0.2, 0.25) is 0 Å². The number of anilines is 1. The van der Waals surface area contributed by atoms with Crippen LogP contribution < -0.4 is 19.7 Å². The molecule has 10 heteroatoms. The van der Waals surface area contributed by atoms with Gasteiger partial charge in [-0.25, -0.2) is 0 Å². The Morgan fingerprint density at radius 1 is 1.05 bits per heavy atom. The Balaban J connectivity index is 1.52. The summed E-state index contributed by atoms with van der Waals surface area (Å²) in [5.74, 6) is 1.35. The molecule has 1 heterocycles. The molecule has 1 aliphatic rings. The molecule has 2 amide bonds. The Morgan fingerprint density at radius 3 is 2.41 bits per heavy atom. The second-order valence-corrected chi connectivity index (χ2v) is 9.49. The van der Waals surface area contributed by atoms with Gasteiger partial charge in [-0.1, -0.05) is 38.8 Å². The van der Waals surface area contributed by atoms with E-state index in [9.17, 15) is 9.59 Å². The lowest BCUT2D eigenvalue weighted by atomic mass is 10.0. The van der Waals surface area contributed by atoms with Crippen molar-refractivity contribution >= 4 is 17.5 Å². The lowest BCUT2D eigenvalue weighted by Gasteiger charge is -2.23. The molecule has 3 aromatic rings. The number of hydrogen-bond donors (Lipinski definition) is 1. The first-order valence-corrected chi connectivity index (χ1v) is 12.6. The number of aromatic nitrogens is 4. The van der Waals surface area contributed by atoms with E-state index in [1.165, 1.54) is 9.70 Å². The lowest BCUT2D eigenvalue weighted by Crippen LogP contribution is -2.44. The Labute approximate surface area is 216 Å². The third-order valence-corrected chi connectivity index (χ3v) is 6.57. The van der Waals surface area contributed by atoms with Crippen LogP contribution >= 0.6 is 0 Å². The highest BCUT2D eigenvalue weighted by Gasteiger charge is 2.24. The van der Waals surface area contributed by atoms with E-state index >= 15 is 0 Å². The molecule has 1 aliphatic carbocycles. The van der Waals surface area contributed by atoms with Crippen molar-refractivity contribution in [2.24, 2.45) is 0 Å². The molecule has 0 atom stereocenters. The van der Waals surface area contributed by atoms with Crippen molar-refractivity contribution in [3.8, 4) is 22.9 Å². The van der Waals surface area contributed by atoms with Crippen LogP contribution in [0.25, 0.3) is 11.4 Å². The van der Waals surface area contributed by atoms with E-state index in [2.05, 4.69) is 34.6 Å². The first-order valence-electron chi connectivity index (χ1n) is 12.6. The molecule has 0 spiro atoms. The van der Waals surface area contributed by atoms with Crippen molar-refractivity contribution in [2.75, 3.05) is 25.7 Å². The van der Waals surface area contributed by atoms with Gasteiger partial charge in [0.15, 0.2) is 11.5 Å². The monoisotopic (exact) mass is 506 g/mol. The number of methoxy groups -OCH3 is 2. The van der Waals surface area contributed by atoms with E-state index in [1.807, 2.05) is 24.3 Å². The molecular formula is C27H34N6O4. The minimum Gasteiger partial charge on any atom is -0.493 e. The first kappa shape index (κ1) is 26.1. The fourth-order valence-electron chi connectivity index (χ4n) is 4.46. The minimum atomic E-state index is -0.310. The summed E-state index contributed by atoms with van der Waals surface area (Å²) in [5, 5.41) is 15.6. The Morgan fingerprint density at radius 2 is 1.76 bits per heavy atom. The van der Waals surface area contributed by atoms with Crippen molar-refractivity contribution in [2.45, 2.75) is 58.0 Å². The summed E-state index contributed by atoms with van der Waals surface area (Å²) in [4.78, 5) is 29.0. The van der Waals surface area contributed by atoms with Gasteiger partial charge in [-0.3, -0.25) is 9.59 Å². The largest absolute Gasteiger partial charge is 0.493 e. The van der Waals surface area contributed by atoms with E-state index < -0.39 is 0 Å². The van der Waals surface area contributed by atoms with Crippen LogP contribution in [0.3, 0.4) is 0 Å². The zero-order valence-electron chi connectivity index (χ0n) is 21.8. The van der Waals surface area contributed by atoms with Gasteiger partial charge in [0, 0.05) is 17.3 Å². The number of amides is 2. The zero-order chi connectivity index (χ0) is 26.4. The predicted molar refractivity (Wildman–Crippen MR) is 140 cm³/mol. The molecule has 0 aliphatic heterocycles. The lowest BCUT2D eigenvalue weighted by molar-refractivity contribution is -0.124. The molecule has 4 rings (SSSR count). The predicted octanol–water partition coefficient (Wildman–Crippen LogP) is 3.57. The summed E-state index contributed by atoms with van der Waals surface area (Å²) in [6.07, 6.45) is 4.18. The van der Waals surface area contributed by atoms with Gasteiger partial charge in [-0.05, 0) is 59.9 Å². The fraction of sp³-hybridized carbons (Fsp3) is 0.444. The zero-order valence-corrected chi connectivity index (χ0v) is 21.8. The average molecular weight is 507 g/mol. The molecule has 1 fully saturated rings. The highest BCUT2D eigenvalue weighted by Crippen LogP contribution is 2.30. The summed E-state index contributed by atoms with van der Waals surface area (Å²) in [5.41, 5.74) is 2.48. The highest BCUT2D eigenvalue weighted by atomic mass is 16.5. The van der Waals surface area contributed by atoms with Gasteiger partial charge in [0.25, 0.3) is 5.91 Å². The maximum atomic E-state index is 13.4. The minimum absolute atomic E-state index is 0.0758. The van der Waals surface area contributed by atoms with Gasteiger partial charge in [0.1, 0.15) is 13.1 Å². The molecule has 37 heavy (non-hydrogen) atoms. The number of carbonyl (C=O) groups is 2. The SMILES string of the molecule is COc1ccc(-c2nnn(CC(=O)N(CC(=O)NC3CCCC3)c3ccc(C(C)C)cc3)n2)cc1OC. The topological polar surface area (TPSA) is 111 Å². The Bertz CT molecular complexity index is 1220. The Hall–Kier alpha value is -3.95. The Kier molecular flexibility index (Phi) is 8.37. The maximum Gasteiger partial charge on any atom is 0.251 e. The van der Waals surface area contributed by atoms with Crippen LogP contribution in [-0.2, 0) is 16.1 Å². The molecule has 1 N–H and O–H groups in total. The van der Waals surface area contributed by atoms with E-state index in [4.69, 9.17) is 9.47 Å². The number of rotatable bonds is 10. The number of nitrogens with one attached hydrogen (secondary N) is 1. The third-order valence-electron chi connectivity index (χ3n) is 6.57. The number of benzene rings is 2. The van der Waals surface area contributed by atoms with Gasteiger partial charge in [0.2, 0.25) is 11.7 Å². The summed E-state index contributed by atoms with van der Waals surface area (Å²) in [6.45, 7) is 3.98. The van der Waals surface area contributed by atoms with Crippen LogP contribution in [0, 0.1) is 0 Å². The van der Waals surface area contributed by atoms with Crippen LogP contribution in [0.15, 0.2) is 42.5 Å². The number of hydrogen-bond acceptors (Lipinski definition) is 7. The number of carbonyl (C=O) groups excluding carboxylic acids is 2. The molecule has 0 unspecified atom stereocenters. The second kappa shape index (κ2) is 11.9. The van der Waals surface area contributed by atoms with Gasteiger partial charge < -0.3 is 19.7 Å². The van der Waals surface area contributed by atoms with E-state index in [0.717, 1.165) is 31.2 Å². The molecule has 2 aromatic carbocycles. The van der Waals surface area contributed by atoms with E-state index in [-0.39, 0.29) is 30.9 Å². The summed E-state index contributed by atoms with van der Waals surface area (Å²) in [7, 11) is 3.11. The van der Waals surface area contributed by atoms with E-state index in [0.29, 0.717) is 34.5 Å². The normalized spacial score (nSPS) is 13.5. The standard InChI is InChI=1S/C27H34N6O4/c1-18(2)19-9-12-22(13-10-19)32(16-25(34)28-21-7-5-6-8-21)26(35)17-33-30-27(29-31-33)20-11-14-23(36-3)24(15-20)37-4/h9-15,18,21H,5-8,16-17H2,1-4H3,(H,28,34). The smallest absolute Gasteiger partial charge is 0.251 e. The highest BCUT2D eigenvalue weighted by molar-refractivity contribution is 5.98. The van der Waals surface area contributed by atoms with Gasteiger partial charge in [0.05, 0.1) is 14.2 Å². The van der Waals surface area contributed by atoms with Crippen LogP contribution in [0.1, 0.15) is 51.0 Å². The molecule has 1 saturated carbocycles. The molecule has 10 nitrogen and oxygen atoms in total. The van der Waals surface area contributed by atoms with Crippen molar-refractivity contribution < 1.29 is 19.1 Å². The van der Waals surface area contributed by atoms with Crippen LogP contribution in [0.4, 0.5) is 5.69 Å². The van der Waals surface area contributed by atoms with Crippen molar-refractivity contribution in [1.29, 1.82) is 0 Å².